The Morgan fingerprint density at radius 3 is 0.745 bits per heavy atom. The van der Waals surface area contributed by atoms with Crippen molar-refractivity contribution < 1.29 is 38.5 Å². The Balaban J connectivity index is -0.000000807. The van der Waals surface area contributed by atoms with Crippen LogP contribution < -0.4 is 0 Å². The van der Waals surface area contributed by atoms with Crippen molar-refractivity contribution in [1.82, 2.24) is 0 Å². The number of unbranched alkanes of at least 4 members (excludes halogenated alkanes) is 28. The molecule has 0 rings (SSSR count). The van der Waals surface area contributed by atoms with Gasteiger partial charge in [0, 0.05) is 43.8 Å². The third-order valence-electron chi connectivity index (χ3n) is 8.68. The topological polar surface area (TPSA) is 52.6 Å². The Hall–Kier alpha value is 0.263. The van der Waals surface area contributed by atoms with Gasteiger partial charge in [-0.3, -0.25) is 9.59 Å². The molecule has 0 atom stereocenters. The molecule has 0 saturated heterocycles. The van der Waals surface area contributed by atoms with Crippen molar-refractivity contribution in [2.75, 3.05) is 24.7 Å². The first kappa shape index (κ1) is 51.6. The van der Waals surface area contributed by atoms with Crippen molar-refractivity contribution in [1.29, 1.82) is 0 Å². The summed E-state index contributed by atoms with van der Waals surface area (Å²) in [5.74, 6) is 1.11. The van der Waals surface area contributed by atoms with Gasteiger partial charge >= 0.3 is 11.9 Å². The fourth-order valence-corrected chi connectivity index (χ4v) is 5.93. The van der Waals surface area contributed by atoms with Gasteiger partial charge < -0.3 is 9.47 Å². The Bertz CT molecular complexity index is 545. The zero-order chi connectivity index (χ0) is 34.0. The summed E-state index contributed by atoms with van der Waals surface area (Å²) in [5, 5.41) is 0. The second kappa shape index (κ2) is 48.4. The Kier molecular flexibility index (Phi) is 53.1. The van der Waals surface area contributed by atoms with Crippen molar-refractivity contribution in [3.8, 4) is 0 Å². The van der Waals surface area contributed by atoms with Crippen LogP contribution in [0.5, 0.6) is 0 Å². The van der Waals surface area contributed by atoms with E-state index in [1.165, 1.54) is 167 Å². The van der Waals surface area contributed by atoms with E-state index in [1.807, 2.05) is 0 Å². The average molecular weight is 755 g/mol. The van der Waals surface area contributed by atoms with Gasteiger partial charge in [-0.2, -0.15) is 25.3 Å². The van der Waals surface area contributed by atoms with Crippen molar-refractivity contribution in [2.24, 2.45) is 0 Å². The van der Waals surface area contributed by atoms with Crippen LogP contribution in [0.15, 0.2) is 0 Å². The molecule has 7 heteroatoms. The van der Waals surface area contributed by atoms with Crippen molar-refractivity contribution in [3.63, 3.8) is 0 Å². The minimum atomic E-state index is -0.0613. The van der Waals surface area contributed by atoms with E-state index < -0.39 is 0 Å². The van der Waals surface area contributed by atoms with Crippen molar-refractivity contribution in [3.05, 3.63) is 0 Å². The molecule has 0 spiro atoms. The quantitative estimate of drug-likeness (QED) is 0.0289. The van der Waals surface area contributed by atoms with E-state index in [-0.39, 0.29) is 31.4 Å². The Labute approximate surface area is 318 Å². The first-order valence-electron chi connectivity index (χ1n) is 20.1. The molecule has 0 aliphatic rings. The van der Waals surface area contributed by atoms with E-state index in [4.69, 9.17) is 9.47 Å². The summed E-state index contributed by atoms with van der Waals surface area (Å²) >= 11 is 8.04. The molecule has 0 radical (unpaired) electrons. The van der Waals surface area contributed by atoms with Gasteiger partial charge in [0.15, 0.2) is 0 Å². The molecule has 0 saturated carbocycles. The van der Waals surface area contributed by atoms with Crippen molar-refractivity contribution in [2.45, 2.75) is 219 Å². The number of carbonyl (C=O) groups is 2. The van der Waals surface area contributed by atoms with E-state index in [9.17, 15) is 9.59 Å². The minimum Gasteiger partial charge on any atom is -0.465 e. The SMILES string of the molecule is CCCCCCCCCCCCCCCCCC(=O)OCCS.CCCCCCCCCCCCCCCCCC(=O)OCCS.[Zn]. The summed E-state index contributed by atoms with van der Waals surface area (Å²) in [6.45, 7) is 5.44. The van der Waals surface area contributed by atoms with Crippen LogP contribution in [-0.4, -0.2) is 36.7 Å². The van der Waals surface area contributed by atoms with Gasteiger partial charge in [0.2, 0.25) is 0 Å². The molecular formula is C40H80O4S2Zn. The molecule has 0 fully saturated rings. The molecule has 0 aliphatic carbocycles. The Morgan fingerprint density at radius 1 is 0.362 bits per heavy atom. The average Bonchev–Trinajstić information content (AvgIpc) is 3.06. The molecule has 0 aliphatic heterocycles. The van der Waals surface area contributed by atoms with Crippen LogP contribution in [0.4, 0.5) is 0 Å². The molecule has 47 heavy (non-hydrogen) atoms. The first-order valence-corrected chi connectivity index (χ1v) is 21.4. The molecule has 0 N–H and O–H groups in total. The summed E-state index contributed by atoms with van der Waals surface area (Å²) in [4.78, 5) is 22.6. The van der Waals surface area contributed by atoms with Crippen LogP contribution in [0, 0.1) is 0 Å². The Morgan fingerprint density at radius 2 is 0.553 bits per heavy atom. The van der Waals surface area contributed by atoms with Gasteiger partial charge in [-0.15, -0.1) is 0 Å². The number of ether oxygens (including phenoxy) is 2. The normalized spacial score (nSPS) is 10.6. The predicted molar refractivity (Wildman–Crippen MR) is 209 cm³/mol. The van der Waals surface area contributed by atoms with E-state index >= 15 is 0 Å². The molecule has 0 unspecified atom stereocenters. The minimum absolute atomic E-state index is 0. The first-order chi connectivity index (χ1) is 22.6. The largest absolute Gasteiger partial charge is 0.465 e. The van der Waals surface area contributed by atoms with Crippen LogP contribution in [0.25, 0.3) is 0 Å². The van der Waals surface area contributed by atoms with Crippen LogP contribution >= 0.6 is 25.3 Å². The van der Waals surface area contributed by atoms with E-state index in [0.717, 1.165) is 25.7 Å². The second-order valence-corrected chi connectivity index (χ2v) is 14.2. The number of hydrogen-bond donors (Lipinski definition) is 2. The number of hydrogen-bond acceptors (Lipinski definition) is 6. The van der Waals surface area contributed by atoms with Gasteiger partial charge in [-0.25, -0.2) is 0 Å². The van der Waals surface area contributed by atoms with Gasteiger partial charge in [0.05, 0.1) is 0 Å². The molecule has 0 heterocycles. The number of rotatable bonds is 36. The molecule has 0 bridgehead atoms. The number of esters is 2. The second-order valence-electron chi connectivity index (χ2n) is 13.3. The summed E-state index contributed by atoms with van der Waals surface area (Å²) in [5.41, 5.74) is 0. The maximum Gasteiger partial charge on any atom is 0.305 e. The monoisotopic (exact) mass is 752 g/mol. The molecule has 0 aromatic carbocycles. The molecule has 0 amide bonds. The molecule has 0 aromatic heterocycles. The van der Waals surface area contributed by atoms with Crippen molar-refractivity contribution >= 4 is 37.2 Å². The number of thiol groups is 2. The molecule has 4 nitrogen and oxygen atoms in total. The fraction of sp³-hybridized carbons (Fsp3) is 0.950. The smallest absolute Gasteiger partial charge is 0.305 e. The van der Waals surface area contributed by atoms with Gasteiger partial charge in [-0.05, 0) is 12.8 Å². The summed E-state index contributed by atoms with van der Waals surface area (Å²) in [7, 11) is 0. The van der Waals surface area contributed by atoms with E-state index in [0.29, 0.717) is 37.6 Å². The van der Waals surface area contributed by atoms with E-state index in [1.54, 1.807) is 0 Å². The van der Waals surface area contributed by atoms with Crippen LogP contribution in [0.1, 0.15) is 219 Å². The predicted octanol–water partition coefficient (Wildman–Crippen LogP) is 13.4. The maximum atomic E-state index is 11.3. The third-order valence-corrected chi connectivity index (χ3v) is 9.04. The molecule has 278 valence electrons. The zero-order valence-corrected chi connectivity index (χ0v) is 36.4. The van der Waals surface area contributed by atoms with Crippen LogP contribution in [0.2, 0.25) is 0 Å². The van der Waals surface area contributed by atoms with E-state index in [2.05, 4.69) is 39.1 Å². The third kappa shape index (κ3) is 50.7. The van der Waals surface area contributed by atoms with Gasteiger partial charge in [-0.1, -0.05) is 194 Å². The number of carbonyl (C=O) groups excluding carboxylic acids is 2. The van der Waals surface area contributed by atoms with Crippen LogP contribution in [-0.2, 0) is 38.5 Å². The molecular weight excluding hydrogens is 674 g/mol. The maximum absolute atomic E-state index is 11.3. The summed E-state index contributed by atoms with van der Waals surface area (Å²) in [6, 6.07) is 0. The van der Waals surface area contributed by atoms with Gasteiger partial charge in [0.25, 0.3) is 0 Å². The standard InChI is InChI=1S/2C20H40O2S.Zn/c2*1-2-3-4-5-6-7-8-9-10-11-12-13-14-15-16-17-20(21)22-18-19-23;/h2*23H,2-19H2,1H3;. The van der Waals surface area contributed by atoms with Crippen LogP contribution in [0.3, 0.4) is 0 Å². The van der Waals surface area contributed by atoms with Gasteiger partial charge in [0.1, 0.15) is 13.2 Å². The molecule has 0 aromatic rings. The zero-order valence-electron chi connectivity index (χ0n) is 31.7. The summed E-state index contributed by atoms with van der Waals surface area (Å²) < 4.78 is 9.99. The fourth-order valence-electron chi connectivity index (χ4n) is 5.74. The summed E-state index contributed by atoms with van der Waals surface area (Å²) in [6.07, 6.45) is 41.6.